The highest BCUT2D eigenvalue weighted by atomic mass is 16.9. The number of nitrogens with two attached hydrogens (primary N) is 2. The van der Waals surface area contributed by atoms with E-state index in [9.17, 15) is 4.79 Å². The molecule has 5 N–H and O–H groups in total. The molecule has 0 spiro atoms. The molecule has 0 radical (unpaired) electrons. The summed E-state index contributed by atoms with van der Waals surface area (Å²) in [7, 11) is 0. The minimum atomic E-state index is -1.50. The second kappa shape index (κ2) is 25.7. The summed E-state index contributed by atoms with van der Waals surface area (Å²) in [5.41, 5.74) is 10.7. The van der Waals surface area contributed by atoms with Gasteiger partial charge in [0.25, 0.3) is 5.09 Å². The van der Waals surface area contributed by atoms with E-state index in [1.807, 2.05) is 13.8 Å². The van der Waals surface area contributed by atoms with Crippen LogP contribution in [0.5, 0.6) is 0 Å². The number of hydrogen-bond donors (Lipinski definition) is 3. The Hall–Kier alpha value is -1.37. The molecule has 30 heavy (non-hydrogen) atoms. The third-order valence-corrected chi connectivity index (χ3v) is 4.94. The van der Waals surface area contributed by atoms with Crippen LogP contribution in [0, 0.1) is 10.1 Å². The normalized spacial score (nSPS) is 10.4. The SMILES string of the molecule is CCC(C)(C)N.CCCCCCCCCCCCCCCCCC(N)=O.O=[N+]([O-])O. The Labute approximate surface area is 185 Å². The number of nitrogens with zero attached hydrogens (tertiary/aromatic N) is 1. The predicted molar refractivity (Wildman–Crippen MR) is 126 cm³/mol. The van der Waals surface area contributed by atoms with Gasteiger partial charge in [-0.05, 0) is 26.7 Å². The topological polar surface area (TPSA) is 132 Å². The van der Waals surface area contributed by atoms with Crippen molar-refractivity contribution in [3.63, 3.8) is 0 Å². The molecule has 0 aromatic rings. The van der Waals surface area contributed by atoms with Crippen LogP contribution in [0.1, 0.15) is 137 Å². The van der Waals surface area contributed by atoms with Gasteiger partial charge in [0.05, 0.1) is 0 Å². The summed E-state index contributed by atoms with van der Waals surface area (Å²) in [5, 5.41) is 13.6. The summed E-state index contributed by atoms with van der Waals surface area (Å²) < 4.78 is 0. The molecular formula is C23H51N3O4. The van der Waals surface area contributed by atoms with E-state index in [1.165, 1.54) is 89.9 Å². The molecule has 0 aromatic heterocycles. The van der Waals surface area contributed by atoms with Gasteiger partial charge >= 0.3 is 0 Å². The van der Waals surface area contributed by atoms with Crippen LogP contribution in [-0.2, 0) is 4.79 Å². The second-order valence-corrected chi connectivity index (χ2v) is 8.75. The smallest absolute Gasteiger partial charge is 0.291 e. The average Bonchev–Trinajstić information content (AvgIpc) is 2.64. The monoisotopic (exact) mass is 433 g/mol. The van der Waals surface area contributed by atoms with Crippen molar-refractivity contribution in [1.82, 2.24) is 0 Å². The van der Waals surface area contributed by atoms with Crippen molar-refractivity contribution in [2.24, 2.45) is 11.5 Å². The van der Waals surface area contributed by atoms with Gasteiger partial charge in [-0.15, -0.1) is 10.1 Å². The number of carbonyl (C=O) groups is 1. The van der Waals surface area contributed by atoms with Gasteiger partial charge in [-0.2, -0.15) is 0 Å². The summed E-state index contributed by atoms with van der Waals surface area (Å²) in [6, 6.07) is 0. The van der Waals surface area contributed by atoms with Crippen molar-refractivity contribution in [3.05, 3.63) is 10.1 Å². The minimum absolute atomic E-state index is 0.0417. The number of amides is 1. The molecular weight excluding hydrogens is 382 g/mol. The summed E-state index contributed by atoms with van der Waals surface area (Å²) in [5.74, 6) is -0.153. The van der Waals surface area contributed by atoms with Gasteiger partial charge in [0.1, 0.15) is 0 Å². The zero-order valence-corrected chi connectivity index (χ0v) is 20.3. The average molecular weight is 434 g/mol. The maximum Gasteiger partial charge on any atom is 0.291 e. The van der Waals surface area contributed by atoms with Gasteiger partial charge in [0, 0.05) is 12.0 Å². The molecule has 0 saturated heterocycles. The van der Waals surface area contributed by atoms with Gasteiger partial charge in [-0.1, -0.05) is 104 Å². The molecule has 0 aromatic carbocycles. The molecule has 0 heterocycles. The van der Waals surface area contributed by atoms with Gasteiger partial charge in [-0.25, -0.2) is 0 Å². The van der Waals surface area contributed by atoms with Crippen molar-refractivity contribution in [1.29, 1.82) is 0 Å². The first-order valence-electron chi connectivity index (χ1n) is 12.0. The Morgan fingerprint density at radius 3 is 1.23 bits per heavy atom. The largest absolute Gasteiger partial charge is 0.370 e. The number of rotatable bonds is 17. The van der Waals surface area contributed by atoms with E-state index in [2.05, 4.69) is 13.8 Å². The fourth-order valence-corrected chi connectivity index (χ4v) is 2.67. The van der Waals surface area contributed by atoms with Crippen LogP contribution in [0.15, 0.2) is 0 Å². The third-order valence-electron chi connectivity index (χ3n) is 4.94. The first-order valence-corrected chi connectivity index (χ1v) is 12.0. The highest BCUT2D eigenvalue weighted by Crippen LogP contribution is 2.13. The number of primary amides is 1. The molecule has 1 amide bonds. The summed E-state index contributed by atoms with van der Waals surface area (Å²) in [6.07, 6.45) is 21.9. The lowest BCUT2D eigenvalue weighted by atomic mass is 10.0. The van der Waals surface area contributed by atoms with Crippen LogP contribution in [0.4, 0.5) is 0 Å². The number of hydrogen-bond acceptors (Lipinski definition) is 4. The molecule has 0 fully saturated rings. The number of carbonyl (C=O) groups excluding carboxylic acids is 1. The number of unbranched alkanes of at least 4 members (excludes halogenated alkanes) is 14. The van der Waals surface area contributed by atoms with Gasteiger partial charge in [-0.3, -0.25) is 4.79 Å². The van der Waals surface area contributed by atoms with Gasteiger partial charge in [0.2, 0.25) is 5.91 Å². The molecule has 0 unspecified atom stereocenters. The van der Waals surface area contributed by atoms with E-state index >= 15 is 0 Å². The van der Waals surface area contributed by atoms with Crippen LogP contribution in [0.2, 0.25) is 0 Å². The lowest BCUT2D eigenvalue weighted by molar-refractivity contribution is -0.742. The van der Waals surface area contributed by atoms with Crippen LogP contribution < -0.4 is 11.5 Å². The maximum absolute atomic E-state index is 10.6. The standard InChI is InChI=1S/C18H37NO.C5H13N.HNO3/c1-2-3-4-5-6-7-8-9-10-11-12-13-14-15-16-17-18(19)20;1-4-5(2,3)6;2-1(3)4/h2-17H2,1H3,(H2,19,20);4,6H2,1-3H3;(H,2,3,4). The molecule has 0 atom stereocenters. The Balaban J connectivity index is -0.000000600. The van der Waals surface area contributed by atoms with E-state index in [0.717, 1.165) is 12.8 Å². The summed E-state index contributed by atoms with van der Waals surface area (Å²) in [4.78, 5) is 18.9. The lowest BCUT2D eigenvalue weighted by Gasteiger charge is -2.13. The first kappa shape index (κ1) is 33.3. The van der Waals surface area contributed by atoms with Crippen LogP contribution in [-0.4, -0.2) is 21.7 Å². The molecule has 0 bridgehead atoms. The Bertz CT molecular complexity index is 368. The fraction of sp³-hybridized carbons (Fsp3) is 0.957. The van der Waals surface area contributed by atoms with Crippen molar-refractivity contribution < 1.29 is 15.1 Å². The zero-order valence-electron chi connectivity index (χ0n) is 20.3. The van der Waals surface area contributed by atoms with Crippen LogP contribution >= 0.6 is 0 Å². The second-order valence-electron chi connectivity index (χ2n) is 8.75. The van der Waals surface area contributed by atoms with E-state index < -0.39 is 5.09 Å². The van der Waals surface area contributed by atoms with E-state index in [1.54, 1.807) is 0 Å². The highest BCUT2D eigenvalue weighted by molar-refractivity contribution is 5.73. The van der Waals surface area contributed by atoms with Crippen LogP contribution in [0.25, 0.3) is 0 Å². The third kappa shape index (κ3) is 50.4. The minimum Gasteiger partial charge on any atom is -0.370 e. The van der Waals surface area contributed by atoms with E-state index in [-0.39, 0.29) is 11.4 Å². The highest BCUT2D eigenvalue weighted by Gasteiger charge is 2.03. The molecule has 0 saturated carbocycles. The molecule has 182 valence electrons. The van der Waals surface area contributed by atoms with E-state index in [0.29, 0.717) is 6.42 Å². The quantitative estimate of drug-likeness (QED) is 0.136. The fourth-order valence-electron chi connectivity index (χ4n) is 2.67. The summed E-state index contributed by atoms with van der Waals surface area (Å²) in [6.45, 7) is 8.40. The van der Waals surface area contributed by atoms with Crippen molar-refractivity contribution in [3.8, 4) is 0 Å². The zero-order chi connectivity index (χ0) is 23.7. The van der Waals surface area contributed by atoms with Gasteiger partial charge < -0.3 is 16.7 Å². The molecule has 0 aliphatic carbocycles. The molecule has 0 aliphatic rings. The first-order chi connectivity index (χ1) is 14.1. The Morgan fingerprint density at radius 2 is 1.03 bits per heavy atom. The molecule has 0 rings (SSSR count). The van der Waals surface area contributed by atoms with Crippen molar-refractivity contribution >= 4 is 5.91 Å². The molecule has 0 aliphatic heterocycles. The van der Waals surface area contributed by atoms with Gasteiger partial charge in [0.15, 0.2) is 0 Å². The Morgan fingerprint density at radius 1 is 0.800 bits per heavy atom. The molecule has 7 heteroatoms. The van der Waals surface area contributed by atoms with Crippen molar-refractivity contribution in [2.75, 3.05) is 0 Å². The Kier molecular flexibility index (Phi) is 28.5. The summed E-state index contributed by atoms with van der Waals surface area (Å²) >= 11 is 0. The lowest BCUT2D eigenvalue weighted by Crippen LogP contribution is -2.30. The van der Waals surface area contributed by atoms with E-state index in [4.69, 9.17) is 26.8 Å². The predicted octanol–water partition coefficient (Wildman–Crippen LogP) is 6.52. The maximum atomic E-state index is 10.6. The molecule has 7 nitrogen and oxygen atoms in total. The van der Waals surface area contributed by atoms with Crippen molar-refractivity contribution in [2.45, 2.75) is 142 Å². The van der Waals surface area contributed by atoms with Crippen LogP contribution in [0.3, 0.4) is 0 Å².